The van der Waals surface area contributed by atoms with Gasteiger partial charge >= 0.3 is 0 Å². The summed E-state index contributed by atoms with van der Waals surface area (Å²) in [5.41, 5.74) is 1.03. The Labute approximate surface area is 127 Å². The standard InChI is InChI=1S/C16H14ClNO3/c1-11(21-15-5-3-2-4-12(15)10-19)16(20)18-14-8-6-13(17)7-9-14/h2-11H,1H3,(H,18,20)/t11-/m1/s1. The molecular formula is C16H14ClNO3. The summed E-state index contributed by atoms with van der Waals surface area (Å²) < 4.78 is 5.52. The molecule has 1 N–H and O–H groups in total. The monoisotopic (exact) mass is 303 g/mol. The number of carbonyl (C=O) groups excluding carboxylic acids is 2. The van der Waals surface area contributed by atoms with E-state index in [-0.39, 0.29) is 5.91 Å². The number of aldehydes is 1. The van der Waals surface area contributed by atoms with Crippen molar-refractivity contribution in [2.75, 3.05) is 5.32 Å². The lowest BCUT2D eigenvalue weighted by Gasteiger charge is -2.15. The summed E-state index contributed by atoms with van der Waals surface area (Å²) in [6, 6.07) is 13.5. The molecule has 0 spiro atoms. The van der Waals surface area contributed by atoms with Gasteiger partial charge in [0.2, 0.25) is 0 Å². The van der Waals surface area contributed by atoms with Gasteiger partial charge in [-0.15, -0.1) is 0 Å². The summed E-state index contributed by atoms with van der Waals surface area (Å²) in [5, 5.41) is 3.31. The van der Waals surface area contributed by atoms with Gasteiger partial charge in [0, 0.05) is 10.7 Å². The van der Waals surface area contributed by atoms with Crippen LogP contribution in [0.5, 0.6) is 5.75 Å². The van der Waals surface area contributed by atoms with Crippen LogP contribution < -0.4 is 10.1 Å². The van der Waals surface area contributed by atoms with E-state index >= 15 is 0 Å². The fourth-order valence-corrected chi connectivity index (χ4v) is 1.83. The molecular weight excluding hydrogens is 290 g/mol. The smallest absolute Gasteiger partial charge is 0.265 e. The van der Waals surface area contributed by atoms with Gasteiger partial charge in [-0.2, -0.15) is 0 Å². The lowest BCUT2D eigenvalue weighted by Crippen LogP contribution is -2.30. The molecule has 1 atom stereocenters. The average Bonchev–Trinajstić information content (AvgIpc) is 2.50. The minimum atomic E-state index is -0.734. The molecule has 0 heterocycles. The number of carbonyl (C=O) groups is 2. The maximum absolute atomic E-state index is 12.0. The van der Waals surface area contributed by atoms with E-state index in [1.54, 1.807) is 55.5 Å². The zero-order chi connectivity index (χ0) is 15.2. The molecule has 0 radical (unpaired) electrons. The van der Waals surface area contributed by atoms with E-state index in [1.165, 1.54) is 0 Å². The minimum Gasteiger partial charge on any atom is -0.480 e. The van der Waals surface area contributed by atoms with Crippen molar-refractivity contribution in [3.63, 3.8) is 0 Å². The van der Waals surface area contributed by atoms with Crippen LogP contribution in [0.4, 0.5) is 5.69 Å². The quantitative estimate of drug-likeness (QED) is 0.859. The average molecular weight is 304 g/mol. The van der Waals surface area contributed by atoms with Gasteiger partial charge in [0.1, 0.15) is 5.75 Å². The third-order valence-corrected chi connectivity index (χ3v) is 3.08. The molecule has 0 bridgehead atoms. The van der Waals surface area contributed by atoms with Gasteiger partial charge in [-0.25, -0.2) is 0 Å². The van der Waals surface area contributed by atoms with Crippen LogP contribution in [0.2, 0.25) is 5.02 Å². The van der Waals surface area contributed by atoms with Gasteiger partial charge in [-0.3, -0.25) is 9.59 Å². The van der Waals surface area contributed by atoms with E-state index in [0.29, 0.717) is 28.3 Å². The molecule has 2 aromatic carbocycles. The Morgan fingerprint density at radius 2 is 1.86 bits per heavy atom. The van der Waals surface area contributed by atoms with Crippen LogP contribution in [0.1, 0.15) is 17.3 Å². The number of amides is 1. The zero-order valence-corrected chi connectivity index (χ0v) is 12.1. The molecule has 0 aliphatic heterocycles. The fraction of sp³-hybridized carbons (Fsp3) is 0.125. The molecule has 0 fully saturated rings. The third-order valence-electron chi connectivity index (χ3n) is 2.83. The molecule has 0 saturated carbocycles. The number of hydrogen-bond donors (Lipinski definition) is 1. The van der Waals surface area contributed by atoms with Gasteiger partial charge < -0.3 is 10.1 Å². The van der Waals surface area contributed by atoms with E-state index in [0.717, 1.165) is 0 Å². The summed E-state index contributed by atoms with van der Waals surface area (Å²) in [6.07, 6.45) is -0.0409. The molecule has 0 aliphatic rings. The van der Waals surface area contributed by atoms with Gasteiger partial charge in [0.05, 0.1) is 5.56 Å². The number of nitrogens with one attached hydrogen (secondary N) is 1. The second-order valence-corrected chi connectivity index (χ2v) is 4.85. The molecule has 0 unspecified atom stereocenters. The lowest BCUT2D eigenvalue weighted by molar-refractivity contribution is -0.122. The third kappa shape index (κ3) is 4.07. The van der Waals surface area contributed by atoms with Crippen LogP contribution in [-0.2, 0) is 4.79 Å². The van der Waals surface area contributed by atoms with E-state index in [4.69, 9.17) is 16.3 Å². The summed E-state index contributed by atoms with van der Waals surface area (Å²) in [5.74, 6) is 0.0734. The van der Waals surface area contributed by atoms with Crippen LogP contribution in [0.15, 0.2) is 48.5 Å². The molecule has 2 rings (SSSR count). The molecule has 108 valence electrons. The molecule has 21 heavy (non-hydrogen) atoms. The Balaban J connectivity index is 2.02. The lowest BCUT2D eigenvalue weighted by atomic mass is 10.2. The largest absolute Gasteiger partial charge is 0.480 e. The predicted molar refractivity (Wildman–Crippen MR) is 82.0 cm³/mol. The first-order valence-corrected chi connectivity index (χ1v) is 6.75. The van der Waals surface area contributed by atoms with Crippen LogP contribution in [-0.4, -0.2) is 18.3 Å². The summed E-state index contributed by atoms with van der Waals surface area (Å²) in [4.78, 5) is 23.0. The van der Waals surface area contributed by atoms with Crippen LogP contribution in [0.25, 0.3) is 0 Å². The molecule has 4 nitrogen and oxygen atoms in total. The number of anilines is 1. The van der Waals surface area contributed by atoms with E-state index in [1.807, 2.05) is 0 Å². The van der Waals surface area contributed by atoms with Crippen LogP contribution in [0.3, 0.4) is 0 Å². The summed E-state index contributed by atoms with van der Waals surface area (Å²) >= 11 is 5.78. The first kappa shape index (κ1) is 15.1. The molecule has 2 aromatic rings. The van der Waals surface area contributed by atoms with Gasteiger partial charge in [-0.1, -0.05) is 23.7 Å². The highest BCUT2D eigenvalue weighted by Gasteiger charge is 2.16. The van der Waals surface area contributed by atoms with Gasteiger partial charge in [0.15, 0.2) is 12.4 Å². The topological polar surface area (TPSA) is 55.4 Å². The van der Waals surface area contributed by atoms with Crippen molar-refractivity contribution in [3.05, 3.63) is 59.1 Å². The summed E-state index contributed by atoms with van der Waals surface area (Å²) in [7, 11) is 0. The number of rotatable bonds is 5. The summed E-state index contributed by atoms with van der Waals surface area (Å²) in [6.45, 7) is 1.62. The molecule has 0 saturated heterocycles. The van der Waals surface area contributed by atoms with Crippen molar-refractivity contribution in [1.82, 2.24) is 0 Å². The van der Waals surface area contributed by atoms with Crippen molar-refractivity contribution in [2.24, 2.45) is 0 Å². The number of para-hydroxylation sites is 1. The van der Waals surface area contributed by atoms with Crippen molar-refractivity contribution < 1.29 is 14.3 Å². The maximum Gasteiger partial charge on any atom is 0.265 e. The second kappa shape index (κ2) is 6.90. The Hall–Kier alpha value is -2.33. The highest BCUT2D eigenvalue weighted by Crippen LogP contribution is 2.18. The van der Waals surface area contributed by atoms with E-state index in [2.05, 4.69) is 5.32 Å². The fourth-order valence-electron chi connectivity index (χ4n) is 1.71. The Bertz CT molecular complexity index is 640. The number of halogens is 1. The number of hydrogen-bond acceptors (Lipinski definition) is 3. The SMILES string of the molecule is C[C@@H](Oc1ccccc1C=O)C(=O)Nc1ccc(Cl)cc1. The highest BCUT2D eigenvalue weighted by atomic mass is 35.5. The van der Waals surface area contributed by atoms with E-state index < -0.39 is 6.10 Å². The zero-order valence-electron chi connectivity index (χ0n) is 11.4. The Morgan fingerprint density at radius 1 is 1.19 bits per heavy atom. The van der Waals surface area contributed by atoms with Crippen molar-refractivity contribution in [3.8, 4) is 5.75 Å². The molecule has 5 heteroatoms. The maximum atomic E-state index is 12.0. The van der Waals surface area contributed by atoms with Crippen molar-refractivity contribution in [2.45, 2.75) is 13.0 Å². The first-order valence-electron chi connectivity index (χ1n) is 6.37. The Kier molecular flexibility index (Phi) is 4.95. The highest BCUT2D eigenvalue weighted by molar-refractivity contribution is 6.30. The van der Waals surface area contributed by atoms with Crippen molar-refractivity contribution in [1.29, 1.82) is 0 Å². The van der Waals surface area contributed by atoms with E-state index in [9.17, 15) is 9.59 Å². The van der Waals surface area contributed by atoms with Crippen molar-refractivity contribution >= 4 is 29.5 Å². The number of benzene rings is 2. The minimum absolute atomic E-state index is 0.307. The van der Waals surface area contributed by atoms with Crippen LogP contribution >= 0.6 is 11.6 Å². The van der Waals surface area contributed by atoms with Gasteiger partial charge in [0.25, 0.3) is 5.91 Å². The normalized spacial score (nSPS) is 11.5. The first-order chi connectivity index (χ1) is 10.1. The Morgan fingerprint density at radius 3 is 2.52 bits per heavy atom. The van der Waals surface area contributed by atoms with Crippen LogP contribution in [0, 0.1) is 0 Å². The molecule has 0 aromatic heterocycles. The molecule has 1 amide bonds. The number of ether oxygens (including phenoxy) is 1. The molecule has 0 aliphatic carbocycles. The predicted octanol–water partition coefficient (Wildman–Crippen LogP) is 3.56. The van der Waals surface area contributed by atoms with Gasteiger partial charge in [-0.05, 0) is 43.3 Å². The second-order valence-electron chi connectivity index (χ2n) is 4.41.